The fourth-order valence-electron chi connectivity index (χ4n) is 2.97. The first kappa shape index (κ1) is 21.1. The van der Waals surface area contributed by atoms with Crippen LogP contribution in [0, 0.1) is 0 Å². The molecule has 0 unspecified atom stereocenters. The van der Waals surface area contributed by atoms with Gasteiger partial charge in [0, 0.05) is 34.2 Å². The average Bonchev–Trinajstić information content (AvgIpc) is 2.65. The molecule has 0 bridgehead atoms. The lowest BCUT2D eigenvalue weighted by atomic mass is 10.1. The SMILES string of the molecule is CCCCCCCCCCN=C(N)N/N=C1/CCSc2ccc(Cl)cc21. The second-order valence-corrected chi connectivity index (χ2v) is 8.22. The molecule has 1 aliphatic rings. The number of nitrogens with two attached hydrogens (primary N) is 1. The van der Waals surface area contributed by atoms with Crippen molar-refractivity contribution >= 4 is 35.0 Å². The van der Waals surface area contributed by atoms with Gasteiger partial charge < -0.3 is 5.73 Å². The van der Waals surface area contributed by atoms with Gasteiger partial charge in [-0.2, -0.15) is 5.10 Å². The van der Waals surface area contributed by atoms with Crippen LogP contribution in [-0.4, -0.2) is 24.0 Å². The molecule has 0 fully saturated rings. The maximum absolute atomic E-state index is 6.12. The van der Waals surface area contributed by atoms with Gasteiger partial charge in [0.2, 0.25) is 5.96 Å². The summed E-state index contributed by atoms with van der Waals surface area (Å²) in [5.74, 6) is 1.41. The van der Waals surface area contributed by atoms with Crippen LogP contribution in [0.2, 0.25) is 5.02 Å². The highest BCUT2D eigenvalue weighted by Gasteiger charge is 2.16. The summed E-state index contributed by atoms with van der Waals surface area (Å²) >= 11 is 7.95. The summed E-state index contributed by atoms with van der Waals surface area (Å²) in [4.78, 5) is 5.59. The van der Waals surface area contributed by atoms with E-state index in [-0.39, 0.29) is 0 Å². The third kappa shape index (κ3) is 7.58. The molecule has 6 heteroatoms. The van der Waals surface area contributed by atoms with Crippen LogP contribution in [0.5, 0.6) is 0 Å². The largest absolute Gasteiger partial charge is 0.369 e. The topological polar surface area (TPSA) is 62.8 Å². The standard InChI is InChI=1S/C20H31ClN4S/c1-2-3-4-5-6-7-8-9-13-23-20(22)25-24-18-12-14-26-19-11-10-16(21)15-17(18)19/h10-11,15H,2-9,12-14H2,1H3,(H3,22,23,25)/b24-18-. The lowest BCUT2D eigenvalue weighted by molar-refractivity contribution is 0.578. The normalized spacial score (nSPS) is 15.9. The zero-order valence-corrected chi connectivity index (χ0v) is 17.3. The summed E-state index contributed by atoms with van der Waals surface area (Å²) in [5, 5.41) is 5.19. The fourth-order valence-corrected chi connectivity index (χ4v) is 4.15. The number of nitrogens with one attached hydrogen (secondary N) is 1. The summed E-state index contributed by atoms with van der Waals surface area (Å²) in [6.45, 7) is 3.01. The second kappa shape index (κ2) is 12.2. The fraction of sp³-hybridized carbons (Fsp3) is 0.600. The van der Waals surface area contributed by atoms with E-state index >= 15 is 0 Å². The summed E-state index contributed by atoms with van der Waals surface area (Å²) in [5.41, 5.74) is 10.9. The Bertz CT molecular complexity index is 616. The Hall–Kier alpha value is -1.20. The van der Waals surface area contributed by atoms with E-state index in [0.29, 0.717) is 5.96 Å². The van der Waals surface area contributed by atoms with Crippen molar-refractivity contribution < 1.29 is 0 Å². The molecule has 4 nitrogen and oxygen atoms in total. The lowest BCUT2D eigenvalue weighted by Gasteiger charge is -2.17. The molecule has 0 radical (unpaired) electrons. The zero-order valence-electron chi connectivity index (χ0n) is 15.8. The molecule has 3 N–H and O–H groups in total. The second-order valence-electron chi connectivity index (χ2n) is 6.65. The molecule has 0 atom stereocenters. The Balaban J connectivity index is 1.70. The summed E-state index contributed by atoms with van der Waals surface area (Å²) in [7, 11) is 0. The van der Waals surface area contributed by atoms with E-state index in [1.807, 2.05) is 23.9 Å². The molecule has 0 amide bonds. The summed E-state index contributed by atoms with van der Waals surface area (Å²) in [6, 6.07) is 5.94. The number of guanidine groups is 1. The van der Waals surface area contributed by atoms with Crippen molar-refractivity contribution in [3.63, 3.8) is 0 Å². The monoisotopic (exact) mass is 394 g/mol. The number of thioether (sulfide) groups is 1. The van der Waals surface area contributed by atoms with Crippen LogP contribution in [0.3, 0.4) is 0 Å². The third-order valence-electron chi connectivity index (χ3n) is 4.45. The van der Waals surface area contributed by atoms with Crippen molar-refractivity contribution in [1.29, 1.82) is 0 Å². The Morgan fingerprint density at radius 3 is 2.65 bits per heavy atom. The lowest BCUT2D eigenvalue weighted by Crippen LogP contribution is -2.29. The van der Waals surface area contributed by atoms with Gasteiger partial charge in [-0.3, -0.25) is 4.99 Å². The van der Waals surface area contributed by atoms with E-state index in [4.69, 9.17) is 17.3 Å². The molecular weight excluding hydrogens is 364 g/mol. The Morgan fingerprint density at radius 1 is 1.15 bits per heavy atom. The summed E-state index contributed by atoms with van der Waals surface area (Å²) < 4.78 is 0. The molecule has 2 rings (SSSR count). The van der Waals surface area contributed by atoms with E-state index < -0.39 is 0 Å². The Morgan fingerprint density at radius 2 is 1.88 bits per heavy atom. The van der Waals surface area contributed by atoms with Crippen molar-refractivity contribution in [1.82, 2.24) is 5.43 Å². The first-order chi connectivity index (χ1) is 12.7. The van der Waals surface area contributed by atoms with E-state index in [9.17, 15) is 0 Å². The number of aliphatic imine (C=N–C) groups is 1. The number of hydrogen-bond acceptors (Lipinski definition) is 3. The molecule has 0 spiro atoms. The number of benzene rings is 1. The minimum atomic E-state index is 0.391. The van der Waals surface area contributed by atoms with Crippen LogP contribution in [0.25, 0.3) is 0 Å². The van der Waals surface area contributed by atoms with Gasteiger partial charge in [0.1, 0.15) is 0 Å². The van der Waals surface area contributed by atoms with Gasteiger partial charge in [0.15, 0.2) is 0 Å². The van der Waals surface area contributed by atoms with E-state index in [1.54, 1.807) is 0 Å². The van der Waals surface area contributed by atoms with E-state index in [1.165, 1.54) is 49.8 Å². The maximum Gasteiger partial charge on any atom is 0.209 e. The first-order valence-corrected chi connectivity index (χ1v) is 11.1. The number of fused-ring (bicyclic) bond motifs is 1. The molecule has 0 saturated carbocycles. The number of unbranched alkanes of at least 4 members (excludes halogenated alkanes) is 7. The number of halogens is 1. The highest BCUT2D eigenvalue weighted by molar-refractivity contribution is 7.99. The van der Waals surface area contributed by atoms with Crippen LogP contribution in [-0.2, 0) is 0 Å². The smallest absolute Gasteiger partial charge is 0.209 e. The molecule has 144 valence electrons. The minimum Gasteiger partial charge on any atom is -0.369 e. The molecule has 1 heterocycles. The molecule has 26 heavy (non-hydrogen) atoms. The van der Waals surface area contributed by atoms with Gasteiger partial charge in [-0.05, 0) is 24.6 Å². The molecule has 0 saturated heterocycles. The highest BCUT2D eigenvalue weighted by Crippen LogP contribution is 2.31. The average molecular weight is 395 g/mol. The molecule has 0 aliphatic carbocycles. The van der Waals surface area contributed by atoms with Gasteiger partial charge in [-0.25, -0.2) is 5.43 Å². The van der Waals surface area contributed by atoms with Gasteiger partial charge in [0.05, 0.1) is 5.71 Å². The van der Waals surface area contributed by atoms with Crippen LogP contribution in [0.15, 0.2) is 33.2 Å². The molecule has 1 aromatic rings. The number of hydrazone groups is 1. The quantitative estimate of drug-likeness (QED) is 0.235. The minimum absolute atomic E-state index is 0.391. The highest BCUT2D eigenvalue weighted by atomic mass is 35.5. The zero-order chi connectivity index (χ0) is 18.6. The maximum atomic E-state index is 6.12. The van der Waals surface area contributed by atoms with Crippen molar-refractivity contribution in [2.45, 2.75) is 69.6 Å². The number of hydrogen-bond donors (Lipinski definition) is 2. The van der Waals surface area contributed by atoms with Gasteiger partial charge in [0.25, 0.3) is 0 Å². The summed E-state index contributed by atoms with van der Waals surface area (Å²) in [6.07, 6.45) is 11.3. The van der Waals surface area contributed by atoms with Crippen LogP contribution in [0.1, 0.15) is 70.3 Å². The van der Waals surface area contributed by atoms with E-state index in [0.717, 1.165) is 41.4 Å². The predicted octanol–water partition coefficient (Wildman–Crippen LogP) is 5.58. The van der Waals surface area contributed by atoms with Crippen molar-refractivity contribution in [2.75, 3.05) is 12.3 Å². The Kier molecular flexibility index (Phi) is 9.93. The van der Waals surface area contributed by atoms with Crippen LogP contribution < -0.4 is 11.2 Å². The van der Waals surface area contributed by atoms with E-state index in [2.05, 4.69) is 28.5 Å². The van der Waals surface area contributed by atoms with Gasteiger partial charge in [-0.1, -0.05) is 63.5 Å². The van der Waals surface area contributed by atoms with Gasteiger partial charge >= 0.3 is 0 Å². The molecular formula is C20H31ClN4S. The van der Waals surface area contributed by atoms with Crippen molar-refractivity contribution in [2.24, 2.45) is 15.8 Å². The van der Waals surface area contributed by atoms with Gasteiger partial charge in [-0.15, -0.1) is 11.8 Å². The first-order valence-electron chi connectivity index (χ1n) is 9.76. The molecule has 1 aliphatic heterocycles. The Labute approximate surface area is 167 Å². The van der Waals surface area contributed by atoms with Crippen molar-refractivity contribution in [3.05, 3.63) is 28.8 Å². The van der Waals surface area contributed by atoms with Crippen LogP contribution in [0.4, 0.5) is 0 Å². The predicted molar refractivity (Wildman–Crippen MR) is 116 cm³/mol. The van der Waals surface area contributed by atoms with Crippen LogP contribution >= 0.6 is 23.4 Å². The molecule has 0 aromatic heterocycles. The van der Waals surface area contributed by atoms with Crippen molar-refractivity contribution in [3.8, 4) is 0 Å². The number of rotatable bonds is 10. The number of nitrogens with zero attached hydrogens (tertiary/aromatic N) is 2. The molecule has 1 aromatic carbocycles. The third-order valence-corrected chi connectivity index (χ3v) is 5.76.